The number of anilines is 1. The van der Waals surface area contributed by atoms with E-state index in [9.17, 15) is 36.7 Å². The Balaban J connectivity index is 0.000000391. The first-order chi connectivity index (χ1) is 23.6. The van der Waals surface area contributed by atoms with E-state index < -0.39 is 59.0 Å². The fraction of sp³-hybridized carbons (Fsp3) is 0.457. The molecule has 3 unspecified atom stereocenters. The van der Waals surface area contributed by atoms with Gasteiger partial charge in [0, 0.05) is 12.1 Å². The minimum Gasteiger partial charge on any atom is -0.480 e. The van der Waals surface area contributed by atoms with Gasteiger partial charge in [0.15, 0.2) is 0 Å². The molecular formula is C35H45F4N5O6. The number of carbonyl (C=O) groups excluding carboxylic acids is 3. The number of aromatic nitrogens is 1. The molecule has 0 spiro atoms. The summed E-state index contributed by atoms with van der Waals surface area (Å²) in [6.07, 6.45) is 2.96. The number of carboxylic acid groups (broad SMARTS) is 1. The Kier molecular flexibility index (Phi) is 17.1. The van der Waals surface area contributed by atoms with E-state index >= 15 is 0 Å². The normalized spacial score (nSPS) is 12.7. The molecule has 15 heteroatoms. The topological polar surface area (TPSA) is 163 Å². The molecule has 0 saturated carbocycles. The fourth-order valence-corrected chi connectivity index (χ4v) is 4.64. The summed E-state index contributed by atoms with van der Waals surface area (Å²) < 4.78 is 58.1. The van der Waals surface area contributed by atoms with Crippen LogP contribution in [0.2, 0.25) is 0 Å². The Morgan fingerprint density at radius 1 is 0.760 bits per heavy atom. The summed E-state index contributed by atoms with van der Waals surface area (Å²) >= 11 is 0. The van der Waals surface area contributed by atoms with E-state index in [1.807, 2.05) is 13.8 Å². The highest BCUT2D eigenvalue weighted by Gasteiger charge is 2.23. The summed E-state index contributed by atoms with van der Waals surface area (Å²) in [4.78, 5) is 51.5. The van der Waals surface area contributed by atoms with Crippen molar-refractivity contribution < 1.29 is 46.3 Å². The SMILES string of the molecule is CCCC(NC(=O)Cc1cc(F)cc(F)c1)C(=O)Nc1ncc(C(C)NCC(C)C)o1.CCCC(NC(=O)Cc1cc(F)cc(F)c1)C(=O)O. The first kappa shape index (κ1) is 41.4. The first-order valence-corrected chi connectivity index (χ1v) is 16.3. The second-order valence-electron chi connectivity index (χ2n) is 12.1. The van der Waals surface area contributed by atoms with E-state index in [-0.39, 0.29) is 36.0 Å². The third-order valence-electron chi connectivity index (χ3n) is 7.03. The molecule has 0 bridgehead atoms. The van der Waals surface area contributed by atoms with Crippen LogP contribution < -0.4 is 21.3 Å². The first-order valence-electron chi connectivity index (χ1n) is 16.3. The van der Waals surface area contributed by atoms with Gasteiger partial charge in [-0.05, 0) is 67.6 Å². The van der Waals surface area contributed by atoms with Crippen LogP contribution in [0.3, 0.4) is 0 Å². The van der Waals surface area contributed by atoms with Crippen LogP contribution >= 0.6 is 0 Å². The Morgan fingerprint density at radius 3 is 1.66 bits per heavy atom. The molecule has 3 rings (SSSR count). The van der Waals surface area contributed by atoms with Crippen LogP contribution in [0.25, 0.3) is 0 Å². The summed E-state index contributed by atoms with van der Waals surface area (Å²) in [5.41, 5.74) is 0.349. The zero-order valence-electron chi connectivity index (χ0n) is 28.7. The van der Waals surface area contributed by atoms with Gasteiger partial charge >= 0.3 is 12.0 Å². The van der Waals surface area contributed by atoms with E-state index in [2.05, 4.69) is 40.1 Å². The van der Waals surface area contributed by atoms with E-state index in [0.717, 1.165) is 36.9 Å². The number of aliphatic carboxylic acids is 1. The van der Waals surface area contributed by atoms with Gasteiger partial charge in [0.05, 0.1) is 25.1 Å². The van der Waals surface area contributed by atoms with Crippen LogP contribution in [0.5, 0.6) is 0 Å². The minimum absolute atomic E-state index is 0.0424. The Hall–Kier alpha value is -4.79. The number of hydrogen-bond donors (Lipinski definition) is 5. The van der Waals surface area contributed by atoms with E-state index in [4.69, 9.17) is 9.52 Å². The largest absolute Gasteiger partial charge is 0.480 e. The second-order valence-corrected chi connectivity index (χ2v) is 12.1. The average molecular weight is 708 g/mol. The van der Waals surface area contributed by atoms with Crippen LogP contribution in [0.1, 0.15) is 83.2 Å². The quantitative estimate of drug-likeness (QED) is 0.113. The molecule has 3 atom stereocenters. The van der Waals surface area contributed by atoms with Gasteiger partial charge in [0.2, 0.25) is 11.8 Å². The smallest absolute Gasteiger partial charge is 0.326 e. The van der Waals surface area contributed by atoms with Crippen molar-refractivity contribution in [2.75, 3.05) is 11.9 Å². The zero-order chi connectivity index (χ0) is 37.4. The van der Waals surface area contributed by atoms with Gasteiger partial charge < -0.3 is 25.5 Å². The molecule has 0 radical (unpaired) electrons. The van der Waals surface area contributed by atoms with Crippen LogP contribution in [0, 0.1) is 29.2 Å². The maximum atomic E-state index is 13.3. The summed E-state index contributed by atoms with van der Waals surface area (Å²) in [5, 5.41) is 19.7. The summed E-state index contributed by atoms with van der Waals surface area (Å²) in [5.74, 6) is -4.70. The second kappa shape index (κ2) is 20.7. The van der Waals surface area contributed by atoms with Crippen LogP contribution in [-0.4, -0.2) is 52.4 Å². The van der Waals surface area contributed by atoms with Gasteiger partial charge in [-0.1, -0.05) is 40.5 Å². The lowest BCUT2D eigenvalue weighted by atomic mass is 10.1. The standard InChI is InChI=1S/C22H30F2N4O3.C13H15F2NO3/c1-5-6-18(27-20(29)9-15-7-16(23)10-17(24)8-15)21(30)28-22-26-12-19(31-22)14(4)25-11-13(2)3;1-2-3-11(13(18)19)16-12(17)6-8-4-9(14)7-10(15)5-8/h7-8,10,12-14,18,25H,5-6,9,11H2,1-4H3,(H,27,29)(H,26,28,30);4-5,7,11H,2-3,6H2,1H3,(H,16,17)(H,18,19). The van der Waals surface area contributed by atoms with Gasteiger partial charge in [0.1, 0.15) is 41.1 Å². The van der Waals surface area contributed by atoms with Crippen molar-refractivity contribution in [1.82, 2.24) is 20.9 Å². The van der Waals surface area contributed by atoms with Crippen molar-refractivity contribution >= 4 is 29.7 Å². The van der Waals surface area contributed by atoms with E-state index in [0.29, 0.717) is 43.4 Å². The van der Waals surface area contributed by atoms with Crippen molar-refractivity contribution in [2.24, 2.45) is 5.92 Å². The highest BCUT2D eigenvalue weighted by Crippen LogP contribution is 2.18. The molecule has 0 aliphatic heterocycles. The fourth-order valence-electron chi connectivity index (χ4n) is 4.64. The molecule has 0 aliphatic rings. The highest BCUT2D eigenvalue weighted by molar-refractivity contribution is 5.96. The third-order valence-corrected chi connectivity index (χ3v) is 7.03. The minimum atomic E-state index is -1.12. The number of nitrogens with one attached hydrogen (secondary N) is 4. The lowest BCUT2D eigenvalue weighted by molar-refractivity contribution is -0.142. The summed E-state index contributed by atoms with van der Waals surface area (Å²) in [7, 11) is 0. The summed E-state index contributed by atoms with van der Waals surface area (Å²) in [6.45, 7) is 10.6. The number of carbonyl (C=O) groups is 4. The number of oxazole rings is 1. The molecule has 1 heterocycles. The van der Waals surface area contributed by atoms with Gasteiger partial charge in [-0.3, -0.25) is 19.7 Å². The van der Waals surface area contributed by atoms with Gasteiger partial charge in [-0.15, -0.1) is 0 Å². The predicted molar refractivity (Wildman–Crippen MR) is 178 cm³/mol. The van der Waals surface area contributed by atoms with Crippen molar-refractivity contribution in [3.63, 3.8) is 0 Å². The van der Waals surface area contributed by atoms with Crippen molar-refractivity contribution in [3.05, 3.63) is 82.8 Å². The number of hydrogen-bond acceptors (Lipinski definition) is 7. The van der Waals surface area contributed by atoms with Crippen molar-refractivity contribution in [1.29, 1.82) is 0 Å². The Labute approximate surface area is 288 Å². The van der Waals surface area contributed by atoms with Crippen LogP contribution in [0.4, 0.5) is 23.6 Å². The average Bonchev–Trinajstić information content (AvgIpc) is 3.47. The third kappa shape index (κ3) is 15.2. The van der Waals surface area contributed by atoms with Gasteiger partial charge in [0.25, 0.3) is 5.91 Å². The number of benzene rings is 2. The lowest BCUT2D eigenvalue weighted by Gasteiger charge is -2.17. The molecule has 0 fully saturated rings. The molecule has 50 heavy (non-hydrogen) atoms. The molecule has 2 aromatic carbocycles. The molecular weight excluding hydrogens is 662 g/mol. The molecule has 3 amide bonds. The van der Waals surface area contributed by atoms with Crippen LogP contribution in [0.15, 0.2) is 47.0 Å². The Bertz CT molecular complexity index is 1540. The Morgan fingerprint density at radius 2 is 1.22 bits per heavy atom. The van der Waals surface area contributed by atoms with E-state index in [1.54, 1.807) is 13.1 Å². The number of carboxylic acids is 1. The highest BCUT2D eigenvalue weighted by atomic mass is 19.1. The molecule has 11 nitrogen and oxygen atoms in total. The number of rotatable bonds is 17. The molecule has 0 saturated heterocycles. The monoisotopic (exact) mass is 707 g/mol. The van der Waals surface area contributed by atoms with Gasteiger partial charge in [-0.2, -0.15) is 0 Å². The predicted octanol–water partition coefficient (Wildman–Crippen LogP) is 5.60. The zero-order valence-corrected chi connectivity index (χ0v) is 28.7. The number of nitrogens with zero attached hydrogens (tertiary/aromatic N) is 1. The molecule has 1 aromatic heterocycles. The maximum absolute atomic E-state index is 13.3. The molecule has 274 valence electrons. The molecule has 3 aromatic rings. The lowest BCUT2D eigenvalue weighted by Crippen LogP contribution is -2.44. The van der Waals surface area contributed by atoms with Crippen molar-refractivity contribution in [2.45, 2.75) is 91.3 Å². The van der Waals surface area contributed by atoms with Crippen LogP contribution in [-0.2, 0) is 32.0 Å². The molecule has 5 N–H and O–H groups in total. The van der Waals surface area contributed by atoms with Crippen molar-refractivity contribution in [3.8, 4) is 0 Å². The van der Waals surface area contributed by atoms with E-state index in [1.165, 1.54) is 0 Å². The molecule has 0 aliphatic carbocycles. The maximum Gasteiger partial charge on any atom is 0.326 e. The van der Waals surface area contributed by atoms with Gasteiger partial charge in [-0.25, -0.2) is 27.3 Å². The number of amides is 3. The number of halogens is 4. The summed E-state index contributed by atoms with van der Waals surface area (Å²) in [6, 6.07) is 3.85.